The van der Waals surface area contributed by atoms with Gasteiger partial charge < -0.3 is 0 Å². The normalized spacial score (nSPS) is 9.43. The van der Waals surface area contributed by atoms with Gasteiger partial charge in [0.05, 0.1) is 0 Å². The van der Waals surface area contributed by atoms with E-state index in [-0.39, 0.29) is 0 Å². The molecule has 0 aromatic rings. The molecular formula is C5H11GeO. The molecule has 0 aromatic carbocycles. The summed E-state index contributed by atoms with van der Waals surface area (Å²) in [5.41, 5.74) is 0. The molecule has 0 saturated carbocycles. The van der Waals surface area contributed by atoms with Gasteiger partial charge in [-0.2, -0.15) is 0 Å². The summed E-state index contributed by atoms with van der Waals surface area (Å²) in [7, 11) is 0. The van der Waals surface area contributed by atoms with E-state index in [1.165, 1.54) is 19.3 Å². The van der Waals surface area contributed by atoms with Gasteiger partial charge in [0.15, 0.2) is 0 Å². The average Bonchev–Trinajstić information content (AvgIpc) is 1.69. The standard InChI is InChI=1S/C5H11GeO/c1-2-3-4-5-7-6/h2-5H2,1H3. The van der Waals surface area contributed by atoms with Crippen molar-refractivity contribution in [3.8, 4) is 0 Å². The summed E-state index contributed by atoms with van der Waals surface area (Å²) >= 11 is 1.75. The molecule has 0 aromatic heterocycles. The number of unbranched alkanes of at least 4 members (excludes halogenated alkanes) is 2. The van der Waals surface area contributed by atoms with Crippen molar-refractivity contribution in [2.45, 2.75) is 26.2 Å². The van der Waals surface area contributed by atoms with Crippen molar-refractivity contribution in [1.82, 2.24) is 0 Å². The molecule has 0 aliphatic heterocycles. The fourth-order valence-corrected chi connectivity index (χ4v) is 0.727. The molecule has 0 unspecified atom stereocenters. The molecule has 0 heterocycles. The van der Waals surface area contributed by atoms with Crippen LogP contribution in [0.5, 0.6) is 0 Å². The third-order valence-corrected chi connectivity index (χ3v) is 1.28. The molecule has 1 nitrogen and oxygen atoms in total. The Morgan fingerprint density at radius 2 is 2.14 bits per heavy atom. The molecule has 0 saturated heterocycles. The van der Waals surface area contributed by atoms with Crippen molar-refractivity contribution in [1.29, 1.82) is 0 Å². The fraction of sp³-hybridized carbons (Fsp3) is 1.00. The number of hydrogen-bond acceptors (Lipinski definition) is 1. The van der Waals surface area contributed by atoms with Crippen molar-refractivity contribution >= 4 is 16.9 Å². The van der Waals surface area contributed by atoms with E-state index in [0.29, 0.717) is 0 Å². The van der Waals surface area contributed by atoms with E-state index >= 15 is 0 Å². The summed E-state index contributed by atoms with van der Waals surface area (Å²) in [4.78, 5) is 0. The van der Waals surface area contributed by atoms with Crippen LogP contribution in [0.15, 0.2) is 0 Å². The second kappa shape index (κ2) is 6.50. The molecule has 3 radical (unpaired) electrons. The maximum absolute atomic E-state index is 4.84. The van der Waals surface area contributed by atoms with E-state index in [9.17, 15) is 0 Å². The summed E-state index contributed by atoms with van der Waals surface area (Å²) in [6.07, 6.45) is 3.80. The topological polar surface area (TPSA) is 9.23 Å². The van der Waals surface area contributed by atoms with Crippen LogP contribution in [0.4, 0.5) is 0 Å². The van der Waals surface area contributed by atoms with Gasteiger partial charge >= 0.3 is 53.4 Å². The summed E-state index contributed by atoms with van der Waals surface area (Å²) in [6.45, 7) is 3.11. The summed E-state index contributed by atoms with van der Waals surface area (Å²) in [5.74, 6) is 0. The molecule has 0 spiro atoms. The maximum atomic E-state index is 4.84. The molecule has 0 aliphatic rings. The quantitative estimate of drug-likeness (QED) is 0.444. The first-order valence-corrected chi connectivity index (χ1v) is 3.56. The van der Waals surface area contributed by atoms with Crippen LogP contribution in [-0.2, 0) is 3.76 Å². The van der Waals surface area contributed by atoms with E-state index in [4.69, 9.17) is 3.76 Å². The van der Waals surface area contributed by atoms with Gasteiger partial charge in [-0.15, -0.1) is 0 Å². The molecule has 0 N–H and O–H groups in total. The van der Waals surface area contributed by atoms with Crippen molar-refractivity contribution in [3.05, 3.63) is 0 Å². The molecule has 2 heteroatoms. The zero-order valence-electron chi connectivity index (χ0n) is 4.74. The van der Waals surface area contributed by atoms with Gasteiger partial charge in [-0.25, -0.2) is 0 Å². The van der Waals surface area contributed by atoms with Gasteiger partial charge in [0.1, 0.15) is 0 Å². The fourth-order valence-electron chi connectivity index (χ4n) is 0.424. The summed E-state index contributed by atoms with van der Waals surface area (Å²) < 4.78 is 4.84. The molecule has 0 fully saturated rings. The molecule has 0 rings (SSSR count). The van der Waals surface area contributed by atoms with Crippen molar-refractivity contribution < 1.29 is 3.76 Å². The molecular weight excluding hydrogens is 149 g/mol. The summed E-state index contributed by atoms with van der Waals surface area (Å²) in [6, 6.07) is 0. The number of hydrogen-bond donors (Lipinski definition) is 0. The monoisotopic (exact) mass is 161 g/mol. The number of rotatable bonds is 4. The van der Waals surface area contributed by atoms with Crippen LogP contribution < -0.4 is 0 Å². The van der Waals surface area contributed by atoms with Crippen LogP contribution in [0.2, 0.25) is 0 Å². The Hall–Kier alpha value is 0.503. The Labute approximate surface area is 54.0 Å². The molecule has 0 amide bonds. The van der Waals surface area contributed by atoms with Crippen LogP contribution >= 0.6 is 0 Å². The van der Waals surface area contributed by atoms with Gasteiger partial charge in [0.2, 0.25) is 0 Å². The Balaban J connectivity index is 2.45. The zero-order chi connectivity index (χ0) is 5.54. The summed E-state index contributed by atoms with van der Waals surface area (Å²) in [5, 5.41) is 0. The second-order valence-corrected chi connectivity index (χ2v) is 2.16. The predicted molar refractivity (Wildman–Crippen MR) is 31.2 cm³/mol. The first kappa shape index (κ1) is 7.50. The molecule has 0 aliphatic carbocycles. The Bertz CT molecular complexity index is 27.3. The minimum atomic E-state index is 0.924. The Morgan fingerprint density at radius 1 is 1.43 bits per heavy atom. The van der Waals surface area contributed by atoms with Crippen molar-refractivity contribution in [2.24, 2.45) is 0 Å². The zero-order valence-corrected chi connectivity index (χ0v) is 6.83. The SMILES string of the molecule is CCCCC[O][Ge]. The van der Waals surface area contributed by atoms with E-state index < -0.39 is 0 Å². The first-order valence-electron chi connectivity index (χ1n) is 2.70. The van der Waals surface area contributed by atoms with Crippen LogP contribution in [0.25, 0.3) is 0 Å². The van der Waals surface area contributed by atoms with Gasteiger partial charge in [-0.05, 0) is 0 Å². The first-order chi connectivity index (χ1) is 3.41. The molecule has 0 atom stereocenters. The van der Waals surface area contributed by atoms with Gasteiger partial charge in [-0.1, -0.05) is 0 Å². The van der Waals surface area contributed by atoms with E-state index in [0.717, 1.165) is 6.61 Å². The Kier molecular flexibility index (Phi) is 6.97. The third-order valence-electron chi connectivity index (χ3n) is 0.850. The van der Waals surface area contributed by atoms with E-state index in [1.807, 2.05) is 0 Å². The van der Waals surface area contributed by atoms with Gasteiger partial charge in [0.25, 0.3) is 0 Å². The Morgan fingerprint density at radius 3 is 2.57 bits per heavy atom. The van der Waals surface area contributed by atoms with Crippen LogP contribution in [0.1, 0.15) is 26.2 Å². The van der Waals surface area contributed by atoms with Crippen LogP contribution in [0.3, 0.4) is 0 Å². The van der Waals surface area contributed by atoms with Crippen molar-refractivity contribution in [3.63, 3.8) is 0 Å². The molecule has 41 valence electrons. The van der Waals surface area contributed by atoms with Gasteiger partial charge in [-0.3, -0.25) is 0 Å². The predicted octanol–water partition coefficient (Wildman–Crippen LogP) is 1.28. The molecule has 0 bridgehead atoms. The van der Waals surface area contributed by atoms with Gasteiger partial charge in [0, 0.05) is 0 Å². The van der Waals surface area contributed by atoms with Crippen LogP contribution in [0, 0.1) is 0 Å². The second-order valence-electron chi connectivity index (χ2n) is 1.56. The van der Waals surface area contributed by atoms with E-state index in [1.54, 1.807) is 16.9 Å². The van der Waals surface area contributed by atoms with Crippen molar-refractivity contribution in [2.75, 3.05) is 6.61 Å². The third kappa shape index (κ3) is 6.50. The average molecular weight is 160 g/mol. The van der Waals surface area contributed by atoms with E-state index in [2.05, 4.69) is 6.92 Å². The molecule has 7 heavy (non-hydrogen) atoms. The minimum absolute atomic E-state index is 0.924. The van der Waals surface area contributed by atoms with Crippen LogP contribution in [-0.4, -0.2) is 23.5 Å².